The molecule has 6 rings (SSSR count). The van der Waals surface area contributed by atoms with Crippen LogP contribution in [0.3, 0.4) is 0 Å². The first-order chi connectivity index (χ1) is 16.9. The molecule has 4 saturated carbocycles. The molecule has 0 aliphatic heterocycles. The van der Waals surface area contributed by atoms with Gasteiger partial charge < -0.3 is 18.8 Å². The van der Waals surface area contributed by atoms with Crippen molar-refractivity contribution in [2.24, 2.45) is 17.8 Å². The van der Waals surface area contributed by atoms with E-state index in [4.69, 9.17) is 13.9 Å². The van der Waals surface area contributed by atoms with Crippen molar-refractivity contribution in [3.8, 4) is 5.75 Å². The van der Waals surface area contributed by atoms with Crippen molar-refractivity contribution in [3.05, 3.63) is 54.0 Å². The summed E-state index contributed by atoms with van der Waals surface area (Å²) in [5.41, 5.74) is 0.438. The number of ketones is 1. The molecular weight excluding hydrogens is 446 g/mol. The van der Waals surface area contributed by atoms with Crippen LogP contribution in [0.1, 0.15) is 68.0 Å². The SMILES string of the molecule is CCC(=O)c1ccc(OCC(=O)OCC(=O)N(Cc2ccco2)C23CC4CC(CC(C4)C2)C3)cc1. The number of amides is 1. The van der Waals surface area contributed by atoms with Crippen LogP contribution in [0.5, 0.6) is 5.75 Å². The van der Waals surface area contributed by atoms with Crippen molar-refractivity contribution in [2.45, 2.75) is 64.0 Å². The Hall–Kier alpha value is -3.09. The summed E-state index contributed by atoms with van der Waals surface area (Å²) in [7, 11) is 0. The molecule has 0 unspecified atom stereocenters. The number of nitrogens with zero attached hydrogens (tertiary/aromatic N) is 1. The average Bonchev–Trinajstić information content (AvgIpc) is 3.37. The second kappa shape index (κ2) is 9.88. The van der Waals surface area contributed by atoms with E-state index in [-0.39, 0.29) is 30.4 Å². The van der Waals surface area contributed by atoms with E-state index in [0.29, 0.717) is 42.0 Å². The molecule has 4 bridgehead atoms. The number of hydrogen-bond acceptors (Lipinski definition) is 6. The number of hydrogen-bond donors (Lipinski definition) is 0. The van der Waals surface area contributed by atoms with E-state index in [1.165, 1.54) is 19.3 Å². The van der Waals surface area contributed by atoms with E-state index >= 15 is 0 Å². The van der Waals surface area contributed by atoms with Gasteiger partial charge in [0, 0.05) is 17.5 Å². The Balaban J connectivity index is 1.19. The van der Waals surface area contributed by atoms with Crippen molar-refractivity contribution in [1.82, 2.24) is 4.90 Å². The van der Waals surface area contributed by atoms with Crippen LogP contribution in [0.25, 0.3) is 0 Å². The van der Waals surface area contributed by atoms with Gasteiger partial charge in [-0.2, -0.15) is 0 Å². The number of ether oxygens (including phenoxy) is 2. The molecule has 7 nitrogen and oxygen atoms in total. The van der Waals surface area contributed by atoms with E-state index in [2.05, 4.69) is 0 Å². The maximum Gasteiger partial charge on any atom is 0.344 e. The largest absolute Gasteiger partial charge is 0.482 e. The minimum absolute atomic E-state index is 0.0487. The summed E-state index contributed by atoms with van der Waals surface area (Å²) in [4.78, 5) is 39.4. The van der Waals surface area contributed by atoms with Gasteiger partial charge in [-0.15, -0.1) is 0 Å². The van der Waals surface area contributed by atoms with Gasteiger partial charge in [-0.25, -0.2) is 4.79 Å². The van der Waals surface area contributed by atoms with Gasteiger partial charge in [-0.1, -0.05) is 6.92 Å². The van der Waals surface area contributed by atoms with Crippen molar-refractivity contribution in [3.63, 3.8) is 0 Å². The van der Waals surface area contributed by atoms with Gasteiger partial charge in [-0.05, 0) is 92.7 Å². The lowest BCUT2D eigenvalue weighted by atomic mass is 9.52. The number of Topliss-reactive ketones (excluding diaryl/α,β-unsaturated/α-hetero) is 1. The highest BCUT2D eigenvalue weighted by Crippen LogP contribution is 2.58. The predicted octanol–water partition coefficient (Wildman–Crippen LogP) is 4.79. The Morgan fingerprint density at radius 3 is 2.20 bits per heavy atom. The first kappa shape index (κ1) is 23.6. The monoisotopic (exact) mass is 479 g/mol. The van der Waals surface area contributed by atoms with E-state index in [1.54, 1.807) is 30.5 Å². The maximum atomic E-state index is 13.4. The van der Waals surface area contributed by atoms with Crippen LogP contribution in [0.4, 0.5) is 0 Å². The summed E-state index contributed by atoms with van der Waals surface area (Å²) in [6, 6.07) is 10.4. The number of carbonyl (C=O) groups is 3. The van der Waals surface area contributed by atoms with Crippen LogP contribution in [0.15, 0.2) is 47.1 Å². The molecule has 1 aromatic heterocycles. The number of carbonyl (C=O) groups excluding carboxylic acids is 3. The molecule has 1 heterocycles. The average molecular weight is 480 g/mol. The van der Waals surface area contributed by atoms with Crippen LogP contribution in [0.2, 0.25) is 0 Å². The highest BCUT2D eigenvalue weighted by Gasteiger charge is 2.54. The van der Waals surface area contributed by atoms with Crippen LogP contribution in [-0.4, -0.2) is 41.3 Å². The summed E-state index contributed by atoms with van der Waals surface area (Å²) < 4.78 is 16.4. The second-order valence-electron chi connectivity index (χ2n) is 10.5. The zero-order valence-corrected chi connectivity index (χ0v) is 20.2. The summed E-state index contributed by atoms with van der Waals surface area (Å²) >= 11 is 0. The van der Waals surface area contributed by atoms with Gasteiger partial charge >= 0.3 is 5.97 Å². The smallest absolute Gasteiger partial charge is 0.344 e. The number of rotatable bonds is 10. The Labute approximate surface area is 205 Å². The Kier molecular flexibility index (Phi) is 6.67. The predicted molar refractivity (Wildman–Crippen MR) is 128 cm³/mol. The van der Waals surface area contributed by atoms with Crippen molar-refractivity contribution >= 4 is 17.7 Å². The first-order valence-corrected chi connectivity index (χ1v) is 12.7. The third kappa shape index (κ3) is 5.14. The molecule has 35 heavy (non-hydrogen) atoms. The molecule has 0 saturated heterocycles. The Morgan fingerprint density at radius 1 is 0.971 bits per heavy atom. The van der Waals surface area contributed by atoms with Gasteiger partial charge in [0.2, 0.25) is 0 Å². The Bertz CT molecular complexity index is 1020. The molecule has 4 fully saturated rings. The fourth-order valence-corrected chi connectivity index (χ4v) is 6.82. The molecular formula is C28H33NO6. The minimum atomic E-state index is -0.601. The van der Waals surface area contributed by atoms with Crippen LogP contribution in [-0.2, 0) is 20.9 Å². The van der Waals surface area contributed by atoms with Gasteiger partial charge in [0.15, 0.2) is 19.0 Å². The van der Waals surface area contributed by atoms with E-state index < -0.39 is 5.97 Å². The summed E-state index contributed by atoms with van der Waals surface area (Å²) in [5.74, 6) is 2.53. The molecule has 1 amide bonds. The van der Waals surface area contributed by atoms with Crippen molar-refractivity contribution < 1.29 is 28.3 Å². The second-order valence-corrected chi connectivity index (χ2v) is 10.5. The minimum Gasteiger partial charge on any atom is -0.482 e. The molecule has 0 atom stereocenters. The van der Waals surface area contributed by atoms with Crippen molar-refractivity contribution in [2.75, 3.05) is 13.2 Å². The summed E-state index contributed by atoms with van der Waals surface area (Å²) in [6.45, 7) is 1.59. The van der Waals surface area contributed by atoms with Gasteiger partial charge in [-0.3, -0.25) is 9.59 Å². The van der Waals surface area contributed by atoms with Crippen LogP contribution in [0, 0.1) is 17.8 Å². The zero-order valence-electron chi connectivity index (χ0n) is 20.2. The number of furan rings is 1. The lowest BCUT2D eigenvalue weighted by molar-refractivity contribution is -0.164. The van der Waals surface area contributed by atoms with Gasteiger partial charge in [0.05, 0.1) is 12.8 Å². The van der Waals surface area contributed by atoms with Crippen molar-refractivity contribution in [1.29, 1.82) is 0 Å². The lowest BCUT2D eigenvalue weighted by Crippen LogP contribution is -2.61. The van der Waals surface area contributed by atoms with Gasteiger partial charge in [0.1, 0.15) is 11.5 Å². The van der Waals surface area contributed by atoms with Crippen LogP contribution < -0.4 is 4.74 Å². The lowest BCUT2D eigenvalue weighted by Gasteiger charge is -2.60. The van der Waals surface area contributed by atoms with E-state index in [9.17, 15) is 14.4 Å². The number of benzene rings is 1. The standard InChI is InChI=1S/C28H33NO6/c1-2-25(30)22-5-7-23(8-6-22)34-18-27(32)35-17-26(31)29(16-24-4-3-9-33-24)28-13-19-10-20(14-28)12-21(11-19)15-28/h3-9,19-21H,2,10-18H2,1H3. The third-order valence-electron chi connectivity index (χ3n) is 7.98. The fraction of sp³-hybridized carbons (Fsp3) is 0.536. The zero-order chi connectivity index (χ0) is 24.4. The molecule has 7 heteroatoms. The highest BCUT2D eigenvalue weighted by atomic mass is 16.6. The topological polar surface area (TPSA) is 86.1 Å². The Morgan fingerprint density at radius 2 is 1.63 bits per heavy atom. The fourth-order valence-electron chi connectivity index (χ4n) is 6.82. The molecule has 2 aromatic rings. The van der Waals surface area contributed by atoms with E-state index in [1.807, 2.05) is 24.0 Å². The quantitative estimate of drug-likeness (QED) is 0.360. The number of esters is 1. The molecule has 186 valence electrons. The summed E-state index contributed by atoms with van der Waals surface area (Å²) in [5, 5.41) is 0. The molecule has 0 spiro atoms. The third-order valence-corrected chi connectivity index (χ3v) is 7.98. The molecule has 1 aromatic carbocycles. The molecule has 4 aliphatic rings. The van der Waals surface area contributed by atoms with Crippen LogP contribution >= 0.6 is 0 Å². The molecule has 0 radical (unpaired) electrons. The summed E-state index contributed by atoms with van der Waals surface area (Å²) in [6.07, 6.45) is 8.98. The van der Waals surface area contributed by atoms with Gasteiger partial charge in [0.25, 0.3) is 5.91 Å². The maximum absolute atomic E-state index is 13.4. The highest BCUT2D eigenvalue weighted by molar-refractivity contribution is 5.95. The molecule has 0 N–H and O–H groups in total. The normalized spacial score (nSPS) is 26.4. The van der Waals surface area contributed by atoms with E-state index in [0.717, 1.165) is 25.0 Å². The molecule has 4 aliphatic carbocycles. The first-order valence-electron chi connectivity index (χ1n) is 12.7.